The van der Waals surface area contributed by atoms with Crippen LogP contribution >= 0.6 is 0 Å². The fraction of sp³-hybridized carbons (Fsp3) is 0.455. The van der Waals surface area contributed by atoms with Crippen molar-refractivity contribution < 1.29 is 9.47 Å². The predicted octanol–water partition coefficient (Wildman–Crippen LogP) is 1.81. The zero-order chi connectivity index (χ0) is 10.4. The summed E-state index contributed by atoms with van der Waals surface area (Å²) in [7, 11) is 3.58. The second kappa shape index (κ2) is 5.50. The molecule has 3 heteroatoms. The molecular formula is C11H17NO2. The van der Waals surface area contributed by atoms with Crippen molar-refractivity contribution in [2.75, 3.05) is 20.8 Å². The van der Waals surface area contributed by atoms with Gasteiger partial charge in [0.1, 0.15) is 11.5 Å². The molecule has 0 saturated carbocycles. The van der Waals surface area contributed by atoms with Gasteiger partial charge in [0.25, 0.3) is 0 Å². The van der Waals surface area contributed by atoms with Crippen molar-refractivity contribution in [1.82, 2.24) is 5.32 Å². The smallest absolute Gasteiger partial charge is 0.124 e. The minimum atomic E-state index is 0.684. The Bertz CT molecular complexity index is 287. The highest BCUT2D eigenvalue weighted by Crippen LogP contribution is 2.23. The lowest BCUT2D eigenvalue weighted by Gasteiger charge is -2.11. The van der Waals surface area contributed by atoms with Gasteiger partial charge in [-0.15, -0.1) is 0 Å². The van der Waals surface area contributed by atoms with Gasteiger partial charge in [-0.2, -0.15) is 0 Å². The van der Waals surface area contributed by atoms with Crippen molar-refractivity contribution in [3.8, 4) is 11.5 Å². The first kappa shape index (κ1) is 10.9. The summed E-state index contributed by atoms with van der Waals surface area (Å²) in [6.45, 7) is 3.45. The molecule has 0 unspecified atom stereocenters. The summed E-state index contributed by atoms with van der Waals surface area (Å²) in [6, 6.07) is 5.83. The van der Waals surface area contributed by atoms with Crippen molar-refractivity contribution >= 4 is 0 Å². The molecule has 3 nitrogen and oxygen atoms in total. The molecule has 0 bridgehead atoms. The maximum Gasteiger partial charge on any atom is 0.124 e. The number of rotatable bonds is 5. The first-order valence-electron chi connectivity index (χ1n) is 4.76. The first-order valence-corrected chi connectivity index (χ1v) is 4.76. The van der Waals surface area contributed by atoms with E-state index in [4.69, 9.17) is 9.47 Å². The molecule has 0 aliphatic carbocycles. The Balaban J connectivity index is 2.91. The van der Waals surface area contributed by atoms with Gasteiger partial charge in [-0.3, -0.25) is 0 Å². The topological polar surface area (TPSA) is 30.5 Å². The molecule has 0 heterocycles. The fourth-order valence-electron chi connectivity index (χ4n) is 1.31. The largest absolute Gasteiger partial charge is 0.497 e. The Kier molecular flexibility index (Phi) is 4.26. The number of hydrogen-bond donors (Lipinski definition) is 1. The van der Waals surface area contributed by atoms with Crippen LogP contribution in [0.2, 0.25) is 0 Å². The van der Waals surface area contributed by atoms with Crippen LogP contribution in [0.15, 0.2) is 18.2 Å². The summed E-state index contributed by atoms with van der Waals surface area (Å²) < 4.78 is 10.6. The van der Waals surface area contributed by atoms with Crippen molar-refractivity contribution in [2.24, 2.45) is 0 Å². The van der Waals surface area contributed by atoms with E-state index >= 15 is 0 Å². The van der Waals surface area contributed by atoms with E-state index < -0.39 is 0 Å². The Morgan fingerprint density at radius 3 is 2.71 bits per heavy atom. The van der Waals surface area contributed by atoms with E-state index in [1.54, 1.807) is 7.11 Å². The Hall–Kier alpha value is -1.22. The number of nitrogens with one attached hydrogen (secondary N) is 1. The van der Waals surface area contributed by atoms with Gasteiger partial charge in [0.2, 0.25) is 0 Å². The van der Waals surface area contributed by atoms with Gasteiger partial charge >= 0.3 is 0 Å². The molecule has 14 heavy (non-hydrogen) atoms. The van der Waals surface area contributed by atoms with Crippen LogP contribution in [0.5, 0.6) is 11.5 Å². The van der Waals surface area contributed by atoms with Crippen LogP contribution in [-0.2, 0) is 6.54 Å². The molecule has 0 saturated heterocycles. The summed E-state index contributed by atoms with van der Waals surface area (Å²) in [5, 5.41) is 3.10. The van der Waals surface area contributed by atoms with Crippen LogP contribution in [0.3, 0.4) is 0 Å². The Labute approximate surface area is 85.0 Å². The summed E-state index contributed by atoms with van der Waals surface area (Å²) in [5.74, 6) is 1.78. The molecule has 0 atom stereocenters. The summed E-state index contributed by atoms with van der Waals surface area (Å²) >= 11 is 0. The molecule has 1 rings (SSSR count). The van der Waals surface area contributed by atoms with Crippen LogP contribution in [0.25, 0.3) is 0 Å². The van der Waals surface area contributed by atoms with Gasteiger partial charge in [0.05, 0.1) is 13.7 Å². The second-order valence-electron chi connectivity index (χ2n) is 2.94. The van der Waals surface area contributed by atoms with Gasteiger partial charge in [-0.05, 0) is 32.2 Å². The molecule has 0 amide bonds. The minimum Gasteiger partial charge on any atom is -0.497 e. The molecule has 0 radical (unpaired) electrons. The lowest BCUT2D eigenvalue weighted by Crippen LogP contribution is -2.07. The molecular weight excluding hydrogens is 178 g/mol. The minimum absolute atomic E-state index is 0.684. The lowest BCUT2D eigenvalue weighted by molar-refractivity contribution is 0.334. The zero-order valence-corrected chi connectivity index (χ0v) is 8.96. The Morgan fingerprint density at radius 2 is 2.14 bits per heavy atom. The van der Waals surface area contributed by atoms with E-state index in [0.29, 0.717) is 6.61 Å². The normalized spacial score (nSPS) is 9.93. The second-order valence-corrected chi connectivity index (χ2v) is 2.94. The first-order chi connectivity index (χ1) is 6.81. The lowest BCUT2D eigenvalue weighted by atomic mass is 10.2. The Morgan fingerprint density at radius 1 is 1.36 bits per heavy atom. The van der Waals surface area contributed by atoms with E-state index in [1.807, 2.05) is 32.2 Å². The molecule has 1 N–H and O–H groups in total. The van der Waals surface area contributed by atoms with E-state index in [1.165, 1.54) is 0 Å². The van der Waals surface area contributed by atoms with Gasteiger partial charge in [0, 0.05) is 12.1 Å². The number of hydrogen-bond acceptors (Lipinski definition) is 3. The van der Waals surface area contributed by atoms with Gasteiger partial charge < -0.3 is 14.8 Å². The van der Waals surface area contributed by atoms with Crippen molar-refractivity contribution in [2.45, 2.75) is 13.5 Å². The van der Waals surface area contributed by atoms with E-state index in [2.05, 4.69) is 5.32 Å². The van der Waals surface area contributed by atoms with Crippen LogP contribution in [0.4, 0.5) is 0 Å². The highest BCUT2D eigenvalue weighted by molar-refractivity contribution is 5.40. The predicted molar refractivity (Wildman–Crippen MR) is 56.9 cm³/mol. The van der Waals surface area contributed by atoms with Crippen LogP contribution in [0, 0.1) is 0 Å². The quantitative estimate of drug-likeness (QED) is 0.777. The third-order valence-electron chi connectivity index (χ3n) is 1.93. The van der Waals surface area contributed by atoms with Crippen LogP contribution in [-0.4, -0.2) is 20.8 Å². The molecule has 0 fully saturated rings. The van der Waals surface area contributed by atoms with Gasteiger partial charge in [-0.1, -0.05) is 0 Å². The average Bonchev–Trinajstić information content (AvgIpc) is 2.21. The monoisotopic (exact) mass is 195 g/mol. The fourth-order valence-corrected chi connectivity index (χ4v) is 1.31. The van der Waals surface area contributed by atoms with Crippen molar-refractivity contribution in [1.29, 1.82) is 0 Å². The maximum atomic E-state index is 5.49. The summed E-state index contributed by atoms with van der Waals surface area (Å²) in [6.07, 6.45) is 0. The highest BCUT2D eigenvalue weighted by atomic mass is 16.5. The summed E-state index contributed by atoms with van der Waals surface area (Å²) in [5.41, 5.74) is 1.12. The summed E-state index contributed by atoms with van der Waals surface area (Å²) in [4.78, 5) is 0. The SMILES string of the molecule is CCOc1ccc(OC)cc1CNC. The molecule has 0 aliphatic heterocycles. The van der Waals surface area contributed by atoms with Gasteiger partial charge in [-0.25, -0.2) is 0 Å². The van der Waals surface area contributed by atoms with Crippen LogP contribution in [0.1, 0.15) is 12.5 Å². The van der Waals surface area contributed by atoms with Crippen molar-refractivity contribution in [3.05, 3.63) is 23.8 Å². The third kappa shape index (κ3) is 2.64. The molecule has 0 aliphatic rings. The van der Waals surface area contributed by atoms with Gasteiger partial charge in [0.15, 0.2) is 0 Å². The molecule has 0 aromatic heterocycles. The standard InChI is InChI=1S/C11H17NO2/c1-4-14-11-6-5-10(13-3)7-9(11)8-12-2/h5-7,12H,4,8H2,1-3H3. The average molecular weight is 195 g/mol. The molecule has 1 aromatic carbocycles. The van der Waals surface area contributed by atoms with E-state index in [0.717, 1.165) is 23.6 Å². The van der Waals surface area contributed by atoms with Crippen LogP contribution < -0.4 is 14.8 Å². The van der Waals surface area contributed by atoms with Crippen molar-refractivity contribution in [3.63, 3.8) is 0 Å². The number of benzene rings is 1. The molecule has 78 valence electrons. The number of methoxy groups -OCH3 is 1. The number of ether oxygens (including phenoxy) is 2. The highest BCUT2D eigenvalue weighted by Gasteiger charge is 2.03. The maximum absolute atomic E-state index is 5.49. The van der Waals surface area contributed by atoms with E-state index in [9.17, 15) is 0 Å². The molecule has 0 spiro atoms. The molecule has 1 aromatic rings. The zero-order valence-electron chi connectivity index (χ0n) is 8.96. The van der Waals surface area contributed by atoms with E-state index in [-0.39, 0.29) is 0 Å². The third-order valence-corrected chi connectivity index (χ3v) is 1.93.